The fourth-order valence-electron chi connectivity index (χ4n) is 2.58. The van der Waals surface area contributed by atoms with Crippen LogP contribution < -0.4 is 5.73 Å². The molecule has 4 heteroatoms. The third-order valence-electron chi connectivity index (χ3n) is 3.55. The van der Waals surface area contributed by atoms with E-state index in [1.54, 1.807) is 0 Å². The summed E-state index contributed by atoms with van der Waals surface area (Å²) >= 11 is 0. The Bertz CT molecular complexity index is 543. The van der Waals surface area contributed by atoms with E-state index in [1.165, 1.54) is 0 Å². The number of nitrogens with two attached hydrogens (primary N) is 1. The largest absolute Gasteiger partial charge is 0.451 e. The summed E-state index contributed by atoms with van der Waals surface area (Å²) in [6, 6.07) is 9.62. The molecule has 1 atom stereocenters. The first-order valence-corrected chi connectivity index (χ1v) is 6.29. The molecular weight excluding hydrogens is 228 g/mol. The van der Waals surface area contributed by atoms with E-state index in [0.717, 1.165) is 30.4 Å². The highest BCUT2D eigenvalue weighted by molar-refractivity contribution is 5.96. The van der Waals surface area contributed by atoms with Gasteiger partial charge in [0.15, 0.2) is 5.76 Å². The Morgan fingerprint density at radius 1 is 1.44 bits per heavy atom. The quantitative estimate of drug-likeness (QED) is 0.879. The van der Waals surface area contributed by atoms with Crippen molar-refractivity contribution in [2.45, 2.75) is 18.9 Å². The number of furan rings is 1. The minimum atomic E-state index is -0.0425. The van der Waals surface area contributed by atoms with Crippen molar-refractivity contribution < 1.29 is 9.21 Å². The van der Waals surface area contributed by atoms with Crippen molar-refractivity contribution in [2.24, 2.45) is 5.73 Å². The number of rotatable bonds is 2. The van der Waals surface area contributed by atoms with E-state index in [9.17, 15) is 4.79 Å². The van der Waals surface area contributed by atoms with E-state index in [-0.39, 0.29) is 11.9 Å². The van der Waals surface area contributed by atoms with Crippen LogP contribution in [-0.4, -0.2) is 29.9 Å². The molecule has 2 heterocycles. The van der Waals surface area contributed by atoms with Crippen LogP contribution in [0.15, 0.2) is 34.7 Å². The highest BCUT2D eigenvalue weighted by Gasteiger charge is 2.30. The molecule has 3 rings (SSSR count). The molecule has 2 aromatic rings. The Hall–Kier alpha value is -1.81. The van der Waals surface area contributed by atoms with Crippen molar-refractivity contribution >= 4 is 16.9 Å². The monoisotopic (exact) mass is 244 g/mol. The average molecular weight is 244 g/mol. The maximum absolute atomic E-state index is 12.4. The number of likely N-dealkylation sites (tertiary alicyclic amines) is 1. The summed E-state index contributed by atoms with van der Waals surface area (Å²) in [4.78, 5) is 14.2. The van der Waals surface area contributed by atoms with Crippen LogP contribution in [0.2, 0.25) is 0 Å². The Kier molecular flexibility index (Phi) is 2.80. The predicted octanol–water partition coefficient (Wildman–Crippen LogP) is 2.00. The summed E-state index contributed by atoms with van der Waals surface area (Å²) < 4.78 is 5.60. The summed E-state index contributed by atoms with van der Waals surface area (Å²) in [6.07, 6.45) is 2.01. The standard InChI is InChI=1S/C14H16N2O2/c15-9-11-5-3-7-16(11)14(17)13-8-10-4-1-2-6-12(10)18-13/h1-2,4,6,8,11H,3,5,7,9,15H2. The van der Waals surface area contributed by atoms with Gasteiger partial charge in [0.05, 0.1) is 0 Å². The lowest BCUT2D eigenvalue weighted by Crippen LogP contribution is -2.39. The lowest BCUT2D eigenvalue weighted by molar-refractivity contribution is 0.0711. The average Bonchev–Trinajstić information content (AvgIpc) is 3.03. The molecule has 1 amide bonds. The van der Waals surface area contributed by atoms with E-state index in [4.69, 9.17) is 10.2 Å². The van der Waals surface area contributed by atoms with Crippen molar-refractivity contribution in [3.05, 3.63) is 36.1 Å². The minimum Gasteiger partial charge on any atom is -0.451 e. The Balaban J connectivity index is 1.91. The van der Waals surface area contributed by atoms with Gasteiger partial charge in [-0.15, -0.1) is 0 Å². The third-order valence-corrected chi connectivity index (χ3v) is 3.55. The highest BCUT2D eigenvalue weighted by Crippen LogP contribution is 2.23. The van der Waals surface area contributed by atoms with Crippen LogP contribution in [0.5, 0.6) is 0 Å². The van der Waals surface area contributed by atoms with Crippen LogP contribution in [0.3, 0.4) is 0 Å². The van der Waals surface area contributed by atoms with Crippen LogP contribution in [0, 0.1) is 0 Å². The number of para-hydroxylation sites is 1. The Labute approximate surface area is 105 Å². The summed E-state index contributed by atoms with van der Waals surface area (Å²) in [5, 5.41) is 0.962. The smallest absolute Gasteiger partial charge is 0.289 e. The summed E-state index contributed by atoms with van der Waals surface area (Å²) in [6.45, 7) is 1.30. The molecule has 1 aromatic carbocycles. The van der Waals surface area contributed by atoms with Gasteiger partial charge in [0, 0.05) is 24.5 Å². The summed E-state index contributed by atoms with van der Waals surface area (Å²) in [5.41, 5.74) is 6.44. The molecule has 4 nitrogen and oxygen atoms in total. The number of amides is 1. The van der Waals surface area contributed by atoms with Crippen molar-refractivity contribution in [3.8, 4) is 0 Å². The topological polar surface area (TPSA) is 59.5 Å². The number of carbonyl (C=O) groups excluding carboxylic acids is 1. The number of hydrogen-bond acceptors (Lipinski definition) is 3. The molecule has 1 aliphatic rings. The molecule has 94 valence electrons. The lowest BCUT2D eigenvalue weighted by atomic mass is 10.2. The molecule has 1 unspecified atom stereocenters. The molecule has 0 radical (unpaired) electrons. The zero-order valence-electron chi connectivity index (χ0n) is 10.1. The first-order valence-electron chi connectivity index (χ1n) is 6.29. The van der Waals surface area contributed by atoms with Gasteiger partial charge >= 0.3 is 0 Å². The predicted molar refractivity (Wildman–Crippen MR) is 69.3 cm³/mol. The molecule has 18 heavy (non-hydrogen) atoms. The zero-order valence-corrected chi connectivity index (χ0v) is 10.1. The van der Waals surface area contributed by atoms with Crippen LogP contribution in [0.1, 0.15) is 23.4 Å². The second-order valence-electron chi connectivity index (χ2n) is 4.68. The fraction of sp³-hybridized carbons (Fsp3) is 0.357. The molecular formula is C14H16N2O2. The van der Waals surface area contributed by atoms with Gasteiger partial charge < -0.3 is 15.1 Å². The molecule has 1 aromatic heterocycles. The fourth-order valence-corrected chi connectivity index (χ4v) is 2.58. The first-order chi connectivity index (χ1) is 8.79. The van der Waals surface area contributed by atoms with Crippen LogP contribution in [-0.2, 0) is 0 Å². The molecule has 1 fully saturated rings. The number of hydrogen-bond donors (Lipinski definition) is 1. The van der Waals surface area contributed by atoms with Gasteiger partial charge in [-0.2, -0.15) is 0 Å². The van der Waals surface area contributed by atoms with Crippen molar-refractivity contribution in [1.82, 2.24) is 4.90 Å². The SMILES string of the molecule is NCC1CCCN1C(=O)c1cc2ccccc2o1. The maximum Gasteiger partial charge on any atom is 0.289 e. The molecule has 1 saturated heterocycles. The lowest BCUT2D eigenvalue weighted by Gasteiger charge is -2.22. The molecule has 2 N–H and O–H groups in total. The summed E-state index contributed by atoms with van der Waals surface area (Å²) in [5.74, 6) is 0.371. The Morgan fingerprint density at radius 3 is 3.06 bits per heavy atom. The van der Waals surface area contributed by atoms with E-state index in [1.807, 2.05) is 35.2 Å². The van der Waals surface area contributed by atoms with Crippen molar-refractivity contribution in [2.75, 3.05) is 13.1 Å². The number of fused-ring (bicyclic) bond motifs is 1. The van der Waals surface area contributed by atoms with Crippen LogP contribution in [0.25, 0.3) is 11.0 Å². The van der Waals surface area contributed by atoms with Gasteiger partial charge in [0.1, 0.15) is 5.58 Å². The number of carbonyl (C=O) groups is 1. The van der Waals surface area contributed by atoms with Gasteiger partial charge in [0.25, 0.3) is 5.91 Å². The maximum atomic E-state index is 12.4. The van der Waals surface area contributed by atoms with Crippen LogP contribution in [0.4, 0.5) is 0 Å². The van der Waals surface area contributed by atoms with Gasteiger partial charge in [-0.05, 0) is 25.0 Å². The number of benzene rings is 1. The van der Waals surface area contributed by atoms with Crippen molar-refractivity contribution in [3.63, 3.8) is 0 Å². The zero-order chi connectivity index (χ0) is 12.5. The van der Waals surface area contributed by atoms with Gasteiger partial charge in [-0.25, -0.2) is 0 Å². The molecule has 0 bridgehead atoms. The van der Waals surface area contributed by atoms with E-state index in [2.05, 4.69) is 0 Å². The Morgan fingerprint density at radius 2 is 2.28 bits per heavy atom. The molecule has 0 aliphatic carbocycles. The summed E-state index contributed by atoms with van der Waals surface area (Å²) in [7, 11) is 0. The first kappa shape index (κ1) is 11.3. The molecule has 0 saturated carbocycles. The molecule has 0 spiro atoms. The van der Waals surface area contributed by atoms with Gasteiger partial charge in [0.2, 0.25) is 0 Å². The number of nitrogens with zero attached hydrogens (tertiary/aromatic N) is 1. The van der Waals surface area contributed by atoms with Gasteiger partial charge in [-0.3, -0.25) is 4.79 Å². The second kappa shape index (κ2) is 4.46. The van der Waals surface area contributed by atoms with E-state index in [0.29, 0.717) is 12.3 Å². The van der Waals surface area contributed by atoms with E-state index >= 15 is 0 Å². The highest BCUT2D eigenvalue weighted by atomic mass is 16.3. The minimum absolute atomic E-state index is 0.0425. The third kappa shape index (κ3) is 1.78. The van der Waals surface area contributed by atoms with Gasteiger partial charge in [-0.1, -0.05) is 18.2 Å². The van der Waals surface area contributed by atoms with E-state index < -0.39 is 0 Å². The normalized spacial score (nSPS) is 19.6. The second-order valence-corrected chi connectivity index (χ2v) is 4.68. The van der Waals surface area contributed by atoms with Crippen LogP contribution >= 0.6 is 0 Å². The molecule has 1 aliphatic heterocycles. The van der Waals surface area contributed by atoms with Crippen molar-refractivity contribution in [1.29, 1.82) is 0 Å².